The van der Waals surface area contributed by atoms with E-state index >= 15 is 0 Å². The Morgan fingerprint density at radius 1 is 1.10 bits per heavy atom. The van der Waals surface area contributed by atoms with Gasteiger partial charge in [-0.15, -0.1) is 0 Å². The van der Waals surface area contributed by atoms with Gasteiger partial charge < -0.3 is 9.64 Å². The molecule has 3 aliphatic heterocycles. The van der Waals surface area contributed by atoms with Crippen LogP contribution in [0.15, 0.2) is 57.9 Å². The van der Waals surface area contributed by atoms with E-state index in [4.69, 9.17) is 17.0 Å². The van der Waals surface area contributed by atoms with Gasteiger partial charge in [0, 0.05) is 16.6 Å². The number of halogens is 1. The summed E-state index contributed by atoms with van der Waals surface area (Å²) in [5.74, 6) is -0.379. The number of thioether (sulfide) groups is 1. The van der Waals surface area contributed by atoms with Gasteiger partial charge in [-0.05, 0) is 36.6 Å². The lowest BCUT2D eigenvalue weighted by atomic mass is 10.1. The highest BCUT2D eigenvalue weighted by atomic mass is 79.9. The van der Waals surface area contributed by atoms with Crippen molar-refractivity contribution in [3.05, 3.63) is 69.0 Å². The minimum Gasteiger partial charge on any atom is -0.376 e. The van der Waals surface area contributed by atoms with Gasteiger partial charge in [-0.2, -0.15) is 0 Å². The van der Waals surface area contributed by atoms with Crippen LogP contribution in [0.1, 0.15) is 24.0 Å². The average Bonchev–Trinajstić information content (AvgIpc) is 3.44. The quantitative estimate of drug-likeness (QED) is 0.435. The number of anilines is 1. The van der Waals surface area contributed by atoms with E-state index in [1.165, 1.54) is 11.8 Å². The van der Waals surface area contributed by atoms with Crippen LogP contribution in [-0.2, 0) is 20.9 Å². The Bertz CT molecular complexity index is 1110. The fraction of sp³-hybridized carbons (Fsp3) is 0.261. The van der Waals surface area contributed by atoms with Crippen molar-refractivity contribution < 1.29 is 14.3 Å². The molecular weight excluding hydrogens is 496 g/mol. The van der Waals surface area contributed by atoms with E-state index in [1.54, 1.807) is 9.80 Å². The van der Waals surface area contributed by atoms with Crippen LogP contribution in [0.2, 0.25) is 0 Å². The van der Waals surface area contributed by atoms with Crippen molar-refractivity contribution in [1.82, 2.24) is 4.90 Å². The monoisotopic (exact) mass is 514 g/mol. The molecule has 2 saturated heterocycles. The number of carbonyl (C=O) groups is 2. The Hall–Kier alpha value is -2.00. The molecule has 1 atom stereocenters. The van der Waals surface area contributed by atoms with Crippen LogP contribution < -0.4 is 4.90 Å². The molecule has 0 N–H and O–H groups in total. The molecule has 5 nitrogen and oxygen atoms in total. The summed E-state index contributed by atoms with van der Waals surface area (Å²) in [5, 5.41) is 0. The third-order valence-corrected chi connectivity index (χ3v) is 7.59. The normalized spacial score (nSPS) is 23.3. The van der Waals surface area contributed by atoms with Gasteiger partial charge in [0.15, 0.2) is 0 Å². The average molecular weight is 515 g/mol. The van der Waals surface area contributed by atoms with Crippen LogP contribution in [0.3, 0.4) is 0 Å². The Morgan fingerprint density at radius 3 is 2.65 bits per heavy atom. The standard InChI is InChI=1S/C23H19BrN2O3S2/c24-15-8-9-18-17(11-15)19(21(27)25(18)12-14-5-2-1-3-6-14)20-22(28)26(23(30)31-20)13-16-7-4-10-29-16/h1-3,5-6,8-9,11,16H,4,7,10,12-13H2. The molecule has 2 amide bonds. The highest BCUT2D eigenvalue weighted by Crippen LogP contribution is 2.46. The lowest BCUT2D eigenvalue weighted by molar-refractivity contribution is -0.123. The van der Waals surface area contributed by atoms with Crippen molar-refractivity contribution in [2.45, 2.75) is 25.5 Å². The van der Waals surface area contributed by atoms with Gasteiger partial charge in [-0.25, -0.2) is 0 Å². The summed E-state index contributed by atoms with van der Waals surface area (Å²) < 4.78 is 7.02. The van der Waals surface area contributed by atoms with Crippen LogP contribution in [-0.4, -0.2) is 40.3 Å². The maximum Gasteiger partial charge on any atom is 0.267 e. The Kier molecular flexibility index (Phi) is 5.73. The topological polar surface area (TPSA) is 49.9 Å². The fourth-order valence-electron chi connectivity index (χ4n) is 4.14. The third kappa shape index (κ3) is 3.86. The summed E-state index contributed by atoms with van der Waals surface area (Å²) in [7, 11) is 0. The molecule has 2 aromatic carbocycles. The molecule has 3 heterocycles. The van der Waals surface area contributed by atoms with E-state index in [-0.39, 0.29) is 17.9 Å². The number of fused-ring (bicyclic) bond motifs is 1. The minimum absolute atomic E-state index is 0.00198. The van der Waals surface area contributed by atoms with Crippen molar-refractivity contribution in [2.75, 3.05) is 18.1 Å². The molecule has 0 bridgehead atoms. The van der Waals surface area contributed by atoms with Crippen molar-refractivity contribution in [2.24, 2.45) is 0 Å². The van der Waals surface area contributed by atoms with Gasteiger partial charge in [0.25, 0.3) is 11.8 Å². The number of amides is 2. The van der Waals surface area contributed by atoms with E-state index in [9.17, 15) is 9.59 Å². The summed E-state index contributed by atoms with van der Waals surface area (Å²) in [5.41, 5.74) is 3.01. The number of benzene rings is 2. The van der Waals surface area contributed by atoms with E-state index < -0.39 is 0 Å². The Morgan fingerprint density at radius 2 is 1.90 bits per heavy atom. The molecule has 5 rings (SSSR count). The molecule has 1 unspecified atom stereocenters. The zero-order chi connectivity index (χ0) is 21.5. The summed E-state index contributed by atoms with van der Waals surface area (Å²) in [6, 6.07) is 15.6. The lowest BCUT2D eigenvalue weighted by Crippen LogP contribution is -2.35. The molecule has 2 aromatic rings. The van der Waals surface area contributed by atoms with Gasteiger partial charge in [0.2, 0.25) is 0 Å². The second kappa shape index (κ2) is 8.50. The second-order valence-corrected chi connectivity index (χ2v) is 10.2. The predicted octanol–water partition coefficient (Wildman–Crippen LogP) is 4.75. The molecular formula is C23H19BrN2O3S2. The molecule has 2 fully saturated rings. The highest BCUT2D eigenvalue weighted by Gasteiger charge is 2.42. The van der Waals surface area contributed by atoms with Crippen LogP contribution in [0.4, 0.5) is 5.69 Å². The summed E-state index contributed by atoms with van der Waals surface area (Å²) in [6.07, 6.45) is 1.92. The van der Waals surface area contributed by atoms with E-state index in [2.05, 4.69) is 15.9 Å². The molecule has 0 aromatic heterocycles. The number of hydrogen-bond acceptors (Lipinski definition) is 5. The van der Waals surface area contributed by atoms with E-state index in [0.29, 0.717) is 27.9 Å². The zero-order valence-corrected chi connectivity index (χ0v) is 19.8. The number of ether oxygens (including phenoxy) is 1. The number of hydrogen-bond donors (Lipinski definition) is 0. The molecule has 0 aliphatic carbocycles. The highest BCUT2D eigenvalue weighted by molar-refractivity contribution is 9.10. The maximum absolute atomic E-state index is 13.6. The van der Waals surface area contributed by atoms with Crippen LogP contribution >= 0.6 is 39.9 Å². The van der Waals surface area contributed by atoms with E-state index in [1.807, 2.05) is 48.5 Å². The first-order valence-corrected chi connectivity index (χ1v) is 12.1. The van der Waals surface area contributed by atoms with Crippen LogP contribution in [0.5, 0.6) is 0 Å². The van der Waals surface area contributed by atoms with Crippen molar-refractivity contribution in [3.8, 4) is 0 Å². The van der Waals surface area contributed by atoms with E-state index in [0.717, 1.165) is 40.7 Å². The molecule has 0 spiro atoms. The number of nitrogens with zero attached hydrogens (tertiary/aromatic N) is 2. The molecule has 0 radical (unpaired) electrons. The lowest BCUT2D eigenvalue weighted by Gasteiger charge is -2.18. The SMILES string of the molecule is O=C1C(=C2C(=O)N(Cc3ccccc3)c3ccc(Br)cc32)SC(=S)N1CC1CCCO1. The number of thiocarbonyl (C=S) groups is 1. The first kappa shape index (κ1) is 20.9. The fourth-order valence-corrected chi connectivity index (χ4v) is 5.85. The second-order valence-electron chi connectivity index (χ2n) is 7.66. The Labute approximate surface area is 198 Å². The van der Waals surface area contributed by atoms with Crippen LogP contribution in [0, 0.1) is 0 Å². The van der Waals surface area contributed by atoms with Crippen molar-refractivity contribution in [1.29, 1.82) is 0 Å². The van der Waals surface area contributed by atoms with Crippen molar-refractivity contribution >= 4 is 67.3 Å². The maximum atomic E-state index is 13.6. The van der Waals surface area contributed by atoms with Gasteiger partial charge in [-0.3, -0.25) is 14.5 Å². The smallest absolute Gasteiger partial charge is 0.267 e. The molecule has 3 aliphatic rings. The summed E-state index contributed by atoms with van der Waals surface area (Å²) in [4.78, 5) is 30.6. The third-order valence-electron chi connectivity index (χ3n) is 5.65. The molecule has 31 heavy (non-hydrogen) atoms. The van der Waals surface area contributed by atoms with Gasteiger partial charge in [-0.1, -0.05) is 70.2 Å². The number of rotatable bonds is 4. The summed E-state index contributed by atoms with van der Waals surface area (Å²) >= 11 is 10.2. The van der Waals surface area contributed by atoms with Gasteiger partial charge in [0.1, 0.15) is 4.32 Å². The minimum atomic E-state index is -0.207. The largest absolute Gasteiger partial charge is 0.376 e. The molecule has 0 saturated carbocycles. The molecule has 158 valence electrons. The molecule has 8 heteroatoms. The summed E-state index contributed by atoms with van der Waals surface area (Å²) in [6.45, 7) is 1.59. The number of carbonyl (C=O) groups excluding carboxylic acids is 2. The predicted molar refractivity (Wildman–Crippen MR) is 130 cm³/mol. The van der Waals surface area contributed by atoms with Gasteiger partial charge >= 0.3 is 0 Å². The van der Waals surface area contributed by atoms with Crippen molar-refractivity contribution in [3.63, 3.8) is 0 Å². The first-order valence-electron chi connectivity index (χ1n) is 10.1. The first-order chi connectivity index (χ1) is 15.0. The Balaban J connectivity index is 1.53. The van der Waals surface area contributed by atoms with Gasteiger partial charge in [0.05, 0.1) is 35.4 Å². The van der Waals surface area contributed by atoms with Crippen LogP contribution in [0.25, 0.3) is 5.57 Å². The zero-order valence-electron chi connectivity index (χ0n) is 16.5.